The first-order valence-electron chi connectivity index (χ1n) is 7.31. The molecule has 1 aromatic heterocycles. The second-order valence-electron chi connectivity index (χ2n) is 5.31. The van der Waals surface area contributed by atoms with E-state index in [1.807, 2.05) is 30.5 Å². The van der Waals surface area contributed by atoms with Gasteiger partial charge in [-0.05, 0) is 25.0 Å². The normalized spacial score (nSPS) is 16.1. The maximum Gasteiger partial charge on any atom is 0.207 e. The summed E-state index contributed by atoms with van der Waals surface area (Å²) in [6.45, 7) is 0. The summed E-state index contributed by atoms with van der Waals surface area (Å²) in [6, 6.07) is 8.52. The highest BCUT2D eigenvalue weighted by molar-refractivity contribution is 5.56. The van der Waals surface area contributed by atoms with E-state index in [1.54, 1.807) is 7.11 Å². The Kier molecular flexibility index (Phi) is 3.90. The molecule has 0 saturated heterocycles. The minimum absolute atomic E-state index is 0.583. The number of benzene rings is 1. The van der Waals surface area contributed by atoms with Crippen molar-refractivity contribution in [3.63, 3.8) is 0 Å². The fourth-order valence-electron chi connectivity index (χ4n) is 2.89. The highest BCUT2D eigenvalue weighted by atomic mass is 16.5. The van der Waals surface area contributed by atoms with Crippen molar-refractivity contribution < 1.29 is 4.74 Å². The average Bonchev–Trinajstić information content (AvgIpc) is 2.96. The summed E-state index contributed by atoms with van der Waals surface area (Å²) >= 11 is 0. The molecule has 3 rings (SSSR count). The molecule has 0 unspecified atom stereocenters. The van der Waals surface area contributed by atoms with Gasteiger partial charge < -0.3 is 14.6 Å². The van der Waals surface area contributed by atoms with Gasteiger partial charge in [-0.25, -0.2) is 4.98 Å². The van der Waals surface area contributed by atoms with Gasteiger partial charge in [0.2, 0.25) is 5.95 Å². The Morgan fingerprint density at radius 1 is 1.25 bits per heavy atom. The quantitative estimate of drug-likeness (QED) is 0.908. The monoisotopic (exact) mass is 271 g/mol. The fourth-order valence-corrected chi connectivity index (χ4v) is 2.89. The SMILES string of the molecule is COc1cccc(Nc2nccn2C2CCCCC2)c1. The third-order valence-corrected chi connectivity index (χ3v) is 3.96. The summed E-state index contributed by atoms with van der Waals surface area (Å²) in [6.07, 6.45) is 10.5. The molecule has 2 aromatic rings. The van der Waals surface area contributed by atoms with Crippen molar-refractivity contribution >= 4 is 11.6 Å². The van der Waals surface area contributed by atoms with Crippen LogP contribution in [0.2, 0.25) is 0 Å². The lowest BCUT2D eigenvalue weighted by molar-refractivity contribution is 0.356. The van der Waals surface area contributed by atoms with Gasteiger partial charge in [-0.15, -0.1) is 0 Å². The molecule has 1 aliphatic carbocycles. The van der Waals surface area contributed by atoms with E-state index in [2.05, 4.69) is 21.1 Å². The summed E-state index contributed by atoms with van der Waals surface area (Å²) in [5.74, 6) is 1.77. The van der Waals surface area contributed by atoms with Crippen molar-refractivity contribution in [2.24, 2.45) is 0 Å². The van der Waals surface area contributed by atoms with Gasteiger partial charge in [0.05, 0.1) is 7.11 Å². The van der Waals surface area contributed by atoms with E-state index < -0.39 is 0 Å². The molecule has 20 heavy (non-hydrogen) atoms. The van der Waals surface area contributed by atoms with Crippen LogP contribution in [0.3, 0.4) is 0 Å². The van der Waals surface area contributed by atoms with Crippen LogP contribution in [0, 0.1) is 0 Å². The van der Waals surface area contributed by atoms with Gasteiger partial charge >= 0.3 is 0 Å². The van der Waals surface area contributed by atoms with Crippen molar-refractivity contribution in [3.8, 4) is 5.75 Å². The number of nitrogens with zero attached hydrogens (tertiary/aromatic N) is 2. The molecular formula is C16H21N3O. The van der Waals surface area contributed by atoms with E-state index in [0.717, 1.165) is 17.4 Å². The predicted octanol–water partition coefficient (Wildman–Crippen LogP) is 4.14. The molecule has 1 heterocycles. The molecule has 1 N–H and O–H groups in total. The molecule has 0 aliphatic heterocycles. The van der Waals surface area contributed by atoms with E-state index in [4.69, 9.17) is 4.74 Å². The van der Waals surface area contributed by atoms with E-state index in [-0.39, 0.29) is 0 Å². The van der Waals surface area contributed by atoms with Crippen LogP contribution in [-0.2, 0) is 0 Å². The Morgan fingerprint density at radius 2 is 2.10 bits per heavy atom. The molecule has 4 nitrogen and oxygen atoms in total. The molecule has 1 aliphatic rings. The third kappa shape index (κ3) is 2.79. The number of imidazole rings is 1. The second-order valence-corrected chi connectivity index (χ2v) is 5.31. The van der Waals surface area contributed by atoms with Gasteiger partial charge in [0.1, 0.15) is 5.75 Å². The Hall–Kier alpha value is -1.97. The maximum absolute atomic E-state index is 5.25. The zero-order valence-electron chi connectivity index (χ0n) is 11.9. The van der Waals surface area contributed by atoms with Gasteiger partial charge in [-0.1, -0.05) is 25.3 Å². The molecule has 106 valence electrons. The first-order valence-corrected chi connectivity index (χ1v) is 7.31. The van der Waals surface area contributed by atoms with E-state index in [1.165, 1.54) is 32.1 Å². The van der Waals surface area contributed by atoms with Crippen LogP contribution in [0.15, 0.2) is 36.7 Å². The Labute approximate surface area is 119 Å². The molecule has 1 aromatic carbocycles. The average molecular weight is 271 g/mol. The summed E-state index contributed by atoms with van der Waals surface area (Å²) in [5.41, 5.74) is 1.01. The summed E-state index contributed by atoms with van der Waals surface area (Å²) in [7, 11) is 1.68. The largest absolute Gasteiger partial charge is 0.497 e. The molecule has 0 bridgehead atoms. The molecule has 0 atom stereocenters. The Balaban J connectivity index is 1.78. The lowest BCUT2D eigenvalue weighted by Gasteiger charge is -2.24. The Bertz CT molecular complexity index is 558. The van der Waals surface area contributed by atoms with Crippen LogP contribution in [0.5, 0.6) is 5.75 Å². The van der Waals surface area contributed by atoms with Gasteiger partial charge in [0.15, 0.2) is 0 Å². The maximum atomic E-state index is 5.25. The smallest absolute Gasteiger partial charge is 0.207 e. The number of methoxy groups -OCH3 is 1. The Morgan fingerprint density at radius 3 is 2.90 bits per heavy atom. The molecule has 1 fully saturated rings. The summed E-state index contributed by atoms with van der Waals surface area (Å²) in [4.78, 5) is 4.45. The number of rotatable bonds is 4. The lowest BCUT2D eigenvalue weighted by Crippen LogP contribution is -2.14. The minimum Gasteiger partial charge on any atom is -0.497 e. The zero-order valence-corrected chi connectivity index (χ0v) is 11.9. The van der Waals surface area contributed by atoms with Gasteiger partial charge in [-0.3, -0.25) is 0 Å². The molecule has 4 heteroatoms. The van der Waals surface area contributed by atoms with Crippen LogP contribution >= 0.6 is 0 Å². The fraction of sp³-hybridized carbons (Fsp3) is 0.438. The topological polar surface area (TPSA) is 39.1 Å². The standard InChI is InChI=1S/C16H21N3O/c1-20-15-9-5-6-13(12-15)18-16-17-10-11-19(16)14-7-3-2-4-8-14/h5-6,9-12,14H,2-4,7-8H2,1H3,(H,17,18). The highest BCUT2D eigenvalue weighted by Crippen LogP contribution is 2.31. The number of hydrogen-bond donors (Lipinski definition) is 1. The van der Waals surface area contributed by atoms with Crippen molar-refractivity contribution in [3.05, 3.63) is 36.7 Å². The number of hydrogen-bond acceptors (Lipinski definition) is 3. The van der Waals surface area contributed by atoms with Gasteiger partial charge in [0, 0.05) is 30.2 Å². The molecule has 0 radical (unpaired) electrons. The van der Waals surface area contributed by atoms with Gasteiger partial charge in [0.25, 0.3) is 0 Å². The van der Waals surface area contributed by atoms with Crippen LogP contribution in [-0.4, -0.2) is 16.7 Å². The first-order chi connectivity index (χ1) is 9.86. The minimum atomic E-state index is 0.583. The third-order valence-electron chi connectivity index (χ3n) is 3.96. The molecular weight excluding hydrogens is 250 g/mol. The first kappa shape index (κ1) is 13.0. The lowest BCUT2D eigenvalue weighted by atomic mass is 9.95. The van der Waals surface area contributed by atoms with Crippen molar-refractivity contribution in [1.29, 1.82) is 0 Å². The van der Waals surface area contributed by atoms with E-state index in [9.17, 15) is 0 Å². The van der Waals surface area contributed by atoms with Crippen LogP contribution in [0.1, 0.15) is 38.1 Å². The zero-order chi connectivity index (χ0) is 13.8. The number of anilines is 2. The van der Waals surface area contributed by atoms with Crippen molar-refractivity contribution in [2.45, 2.75) is 38.1 Å². The predicted molar refractivity (Wildman–Crippen MR) is 80.6 cm³/mol. The number of ether oxygens (including phenoxy) is 1. The highest BCUT2D eigenvalue weighted by Gasteiger charge is 2.17. The van der Waals surface area contributed by atoms with Crippen LogP contribution < -0.4 is 10.1 Å². The van der Waals surface area contributed by atoms with Crippen molar-refractivity contribution in [1.82, 2.24) is 9.55 Å². The van der Waals surface area contributed by atoms with E-state index in [0.29, 0.717) is 6.04 Å². The van der Waals surface area contributed by atoms with E-state index >= 15 is 0 Å². The van der Waals surface area contributed by atoms with Crippen LogP contribution in [0.4, 0.5) is 11.6 Å². The molecule has 0 amide bonds. The van der Waals surface area contributed by atoms with Gasteiger partial charge in [-0.2, -0.15) is 0 Å². The van der Waals surface area contributed by atoms with Crippen molar-refractivity contribution in [2.75, 3.05) is 12.4 Å². The number of nitrogens with one attached hydrogen (secondary N) is 1. The molecule has 1 saturated carbocycles. The summed E-state index contributed by atoms with van der Waals surface area (Å²) in [5, 5.41) is 3.40. The number of aromatic nitrogens is 2. The second kappa shape index (κ2) is 5.99. The van der Waals surface area contributed by atoms with Crippen LogP contribution in [0.25, 0.3) is 0 Å². The summed E-state index contributed by atoms with van der Waals surface area (Å²) < 4.78 is 7.53. The molecule has 0 spiro atoms.